The van der Waals surface area contributed by atoms with E-state index in [4.69, 9.17) is 9.47 Å². The fraction of sp³-hybridized carbons (Fsp3) is 0.350. The zero-order valence-electron chi connectivity index (χ0n) is 15.0. The van der Waals surface area contributed by atoms with Gasteiger partial charge in [0.05, 0.1) is 37.4 Å². The molecule has 0 aliphatic carbocycles. The van der Waals surface area contributed by atoms with E-state index >= 15 is 0 Å². The van der Waals surface area contributed by atoms with Gasteiger partial charge in [0, 0.05) is 44.2 Å². The Morgan fingerprint density at radius 2 is 2.08 bits per heavy atom. The lowest BCUT2D eigenvalue weighted by Crippen LogP contribution is -2.36. The third-order valence-corrected chi connectivity index (χ3v) is 4.66. The second kappa shape index (κ2) is 7.76. The Morgan fingerprint density at radius 3 is 2.92 bits per heavy atom. The number of ether oxygens (including phenoxy) is 2. The molecule has 3 heterocycles. The van der Waals surface area contributed by atoms with Gasteiger partial charge in [0.15, 0.2) is 0 Å². The van der Waals surface area contributed by atoms with E-state index in [0.29, 0.717) is 6.61 Å². The monoisotopic (exact) mass is 352 g/mol. The minimum atomic E-state index is 0.683. The molecule has 0 unspecified atom stereocenters. The zero-order valence-corrected chi connectivity index (χ0v) is 15.0. The summed E-state index contributed by atoms with van der Waals surface area (Å²) in [6, 6.07) is 12.6. The summed E-state index contributed by atoms with van der Waals surface area (Å²) >= 11 is 0. The molecule has 26 heavy (non-hydrogen) atoms. The topological polar surface area (TPSA) is 51.0 Å². The van der Waals surface area contributed by atoms with Crippen LogP contribution in [0.2, 0.25) is 0 Å². The van der Waals surface area contributed by atoms with E-state index in [2.05, 4.69) is 62.2 Å². The van der Waals surface area contributed by atoms with Gasteiger partial charge in [-0.15, -0.1) is 0 Å². The van der Waals surface area contributed by atoms with Crippen LogP contribution in [0.4, 0.5) is 11.4 Å². The molecular weight excluding hydrogens is 328 g/mol. The minimum Gasteiger partial charge on any atom is -0.383 e. The Hall–Kier alpha value is -2.57. The molecule has 0 spiro atoms. The van der Waals surface area contributed by atoms with Crippen molar-refractivity contribution in [3.8, 4) is 11.3 Å². The number of aromatic nitrogens is 2. The van der Waals surface area contributed by atoms with Crippen LogP contribution in [0.3, 0.4) is 0 Å². The average molecular weight is 352 g/mol. The van der Waals surface area contributed by atoms with Crippen molar-refractivity contribution in [2.24, 2.45) is 0 Å². The summed E-state index contributed by atoms with van der Waals surface area (Å²) in [4.78, 5) is 6.92. The van der Waals surface area contributed by atoms with Gasteiger partial charge in [-0.3, -0.25) is 4.40 Å². The molecule has 0 atom stereocenters. The van der Waals surface area contributed by atoms with Crippen LogP contribution in [0, 0.1) is 0 Å². The summed E-state index contributed by atoms with van der Waals surface area (Å²) < 4.78 is 12.7. The van der Waals surface area contributed by atoms with Crippen LogP contribution >= 0.6 is 0 Å². The molecule has 1 aliphatic heterocycles. The van der Waals surface area contributed by atoms with Crippen LogP contribution < -0.4 is 10.2 Å². The Labute approximate surface area is 153 Å². The maximum absolute atomic E-state index is 5.46. The van der Waals surface area contributed by atoms with Crippen molar-refractivity contribution in [2.75, 3.05) is 56.8 Å². The van der Waals surface area contributed by atoms with E-state index in [0.717, 1.165) is 55.4 Å². The number of imidazole rings is 1. The van der Waals surface area contributed by atoms with Crippen molar-refractivity contribution >= 4 is 17.0 Å². The fourth-order valence-corrected chi connectivity index (χ4v) is 3.28. The van der Waals surface area contributed by atoms with Gasteiger partial charge in [-0.1, -0.05) is 12.1 Å². The van der Waals surface area contributed by atoms with Gasteiger partial charge in [0.2, 0.25) is 0 Å². The molecule has 0 saturated carbocycles. The zero-order chi connectivity index (χ0) is 17.8. The van der Waals surface area contributed by atoms with Crippen LogP contribution in [-0.2, 0) is 9.47 Å². The molecule has 0 radical (unpaired) electrons. The first-order valence-corrected chi connectivity index (χ1v) is 8.98. The van der Waals surface area contributed by atoms with E-state index < -0.39 is 0 Å². The van der Waals surface area contributed by atoms with Gasteiger partial charge >= 0.3 is 0 Å². The second-order valence-electron chi connectivity index (χ2n) is 6.36. The lowest BCUT2D eigenvalue weighted by molar-refractivity contribution is 0.122. The summed E-state index contributed by atoms with van der Waals surface area (Å²) in [5.74, 6) is 0. The Kier molecular flexibility index (Phi) is 5.04. The smallest absolute Gasteiger partial charge is 0.137 e. The lowest BCUT2D eigenvalue weighted by atomic mass is 10.1. The average Bonchev–Trinajstić information content (AvgIpc) is 3.12. The second-order valence-corrected chi connectivity index (χ2v) is 6.36. The largest absolute Gasteiger partial charge is 0.383 e. The maximum Gasteiger partial charge on any atom is 0.137 e. The van der Waals surface area contributed by atoms with Crippen molar-refractivity contribution in [1.29, 1.82) is 0 Å². The number of nitrogens with one attached hydrogen (secondary N) is 1. The Balaban J connectivity index is 1.64. The number of methoxy groups -OCH3 is 1. The molecule has 6 heteroatoms. The molecule has 1 aliphatic rings. The molecule has 6 nitrogen and oxygen atoms in total. The number of hydrogen-bond acceptors (Lipinski definition) is 5. The van der Waals surface area contributed by atoms with Gasteiger partial charge in [-0.05, 0) is 24.3 Å². The number of morpholine rings is 1. The van der Waals surface area contributed by atoms with Gasteiger partial charge in [0.25, 0.3) is 0 Å². The molecule has 1 fully saturated rings. The van der Waals surface area contributed by atoms with Crippen molar-refractivity contribution < 1.29 is 9.47 Å². The molecule has 0 bridgehead atoms. The first-order valence-electron chi connectivity index (χ1n) is 8.98. The van der Waals surface area contributed by atoms with Crippen LogP contribution in [0.1, 0.15) is 0 Å². The van der Waals surface area contributed by atoms with Gasteiger partial charge in [-0.2, -0.15) is 0 Å². The summed E-state index contributed by atoms with van der Waals surface area (Å²) in [5, 5.41) is 3.38. The van der Waals surface area contributed by atoms with Gasteiger partial charge in [0.1, 0.15) is 5.65 Å². The van der Waals surface area contributed by atoms with Crippen molar-refractivity contribution in [3.63, 3.8) is 0 Å². The molecule has 1 N–H and O–H groups in total. The number of nitrogens with zero attached hydrogens (tertiary/aromatic N) is 3. The quantitative estimate of drug-likeness (QED) is 0.692. The normalized spacial score (nSPS) is 14.7. The van der Waals surface area contributed by atoms with Crippen LogP contribution in [-0.4, -0.2) is 55.9 Å². The third-order valence-electron chi connectivity index (χ3n) is 4.66. The molecule has 1 saturated heterocycles. The van der Waals surface area contributed by atoms with Crippen LogP contribution in [0.15, 0.2) is 48.8 Å². The highest BCUT2D eigenvalue weighted by Gasteiger charge is 2.13. The van der Waals surface area contributed by atoms with Crippen molar-refractivity contribution in [2.45, 2.75) is 0 Å². The summed E-state index contributed by atoms with van der Waals surface area (Å²) in [6.07, 6.45) is 4.11. The van der Waals surface area contributed by atoms with Gasteiger partial charge < -0.3 is 19.7 Å². The van der Waals surface area contributed by atoms with Crippen molar-refractivity contribution in [1.82, 2.24) is 9.38 Å². The Morgan fingerprint density at radius 1 is 1.19 bits per heavy atom. The van der Waals surface area contributed by atoms with Crippen molar-refractivity contribution in [3.05, 3.63) is 48.8 Å². The molecule has 0 amide bonds. The lowest BCUT2D eigenvalue weighted by Gasteiger charge is -2.28. The summed E-state index contributed by atoms with van der Waals surface area (Å²) in [5.41, 5.74) is 5.47. The first kappa shape index (κ1) is 16.9. The molecule has 3 aromatic rings. The molecular formula is C20H24N4O2. The van der Waals surface area contributed by atoms with Crippen LogP contribution in [0.5, 0.6) is 0 Å². The van der Waals surface area contributed by atoms with E-state index in [9.17, 15) is 0 Å². The number of benzene rings is 1. The summed E-state index contributed by atoms with van der Waals surface area (Å²) in [6.45, 7) is 4.88. The van der Waals surface area contributed by atoms with E-state index in [1.54, 1.807) is 7.11 Å². The highest BCUT2D eigenvalue weighted by molar-refractivity contribution is 5.69. The number of pyridine rings is 1. The number of fused-ring (bicyclic) bond motifs is 1. The van der Waals surface area contributed by atoms with E-state index in [1.807, 2.05) is 6.20 Å². The Bertz CT molecular complexity index is 871. The fourth-order valence-electron chi connectivity index (χ4n) is 3.28. The number of hydrogen-bond donors (Lipinski definition) is 1. The number of anilines is 2. The van der Waals surface area contributed by atoms with E-state index in [-0.39, 0.29) is 0 Å². The molecule has 1 aromatic carbocycles. The molecule has 4 rings (SSSR count). The predicted molar refractivity (Wildman–Crippen MR) is 104 cm³/mol. The minimum absolute atomic E-state index is 0.683. The summed E-state index contributed by atoms with van der Waals surface area (Å²) in [7, 11) is 1.71. The number of rotatable bonds is 6. The highest BCUT2D eigenvalue weighted by atomic mass is 16.5. The highest BCUT2D eigenvalue weighted by Crippen LogP contribution is 2.26. The SMILES string of the molecule is COCCNc1cccc(-c2cnc3ccc(N4CCOCC4)cn23)c1. The first-order chi connectivity index (χ1) is 12.8. The van der Waals surface area contributed by atoms with Gasteiger partial charge in [-0.25, -0.2) is 4.98 Å². The predicted octanol–water partition coefficient (Wildman–Crippen LogP) is 2.90. The third kappa shape index (κ3) is 3.52. The standard InChI is InChI=1S/C20H24N4O2/c1-25-10-7-21-17-4-2-3-16(13-17)19-14-22-20-6-5-18(15-24(19)20)23-8-11-26-12-9-23/h2-6,13-15,21H,7-12H2,1H3. The maximum atomic E-state index is 5.46. The van der Waals surface area contributed by atoms with Crippen LogP contribution in [0.25, 0.3) is 16.9 Å². The molecule has 2 aromatic heterocycles. The van der Waals surface area contributed by atoms with E-state index in [1.165, 1.54) is 5.69 Å². The molecule has 136 valence electrons.